The largest absolute Gasteiger partial charge is 0.461 e. The lowest BCUT2D eigenvalue weighted by Gasteiger charge is -2.30. The number of carbonyl (C=O) groups excluding carboxylic acids is 4. The molecule has 0 aromatic heterocycles. The normalized spacial score (nSPS) is 11.1. The van der Waals surface area contributed by atoms with Gasteiger partial charge in [-0.1, -0.05) is 211 Å². The van der Waals surface area contributed by atoms with Gasteiger partial charge in [0.05, 0.1) is 0 Å². The second-order valence-electron chi connectivity index (χ2n) is 16.2. The molecule has 0 unspecified atom stereocenters. The van der Waals surface area contributed by atoms with Gasteiger partial charge in [-0.25, -0.2) is 0 Å². The van der Waals surface area contributed by atoms with Crippen molar-refractivity contribution in [3.63, 3.8) is 0 Å². The Morgan fingerprint density at radius 2 is 0.557 bits per heavy atom. The number of carbonyl (C=O) groups is 4. The van der Waals surface area contributed by atoms with E-state index in [0.717, 1.165) is 112 Å². The van der Waals surface area contributed by atoms with E-state index in [-0.39, 0.29) is 25.2 Å². The maximum atomic E-state index is 14.2. The number of hydrogen-bond donors (Lipinski definition) is 0. The Bertz CT molecular complexity index is 1650. The van der Waals surface area contributed by atoms with E-state index in [1.807, 2.05) is 121 Å². The van der Waals surface area contributed by atoms with Gasteiger partial charge in [-0.2, -0.15) is 0 Å². The Labute approximate surface area is 364 Å². The van der Waals surface area contributed by atoms with E-state index in [1.165, 1.54) is 0 Å². The number of ether oxygens (including phenoxy) is 4. The predicted molar refractivity (Wildman–Crippen MR) is 240 cm³/mol. The topological polar surface area (TPSA) is 105 Å². The lowest BCUT2D eigenvalue weighted by Crippen LogP contribution is -2.42. The lowest BCUT2D eigenvalue weighted by atomic mass is 9.77. The molecule has 8 heteroatoms. The highest BCUT2D eigenvalue weighted by molar-refractivity contribution is 6.00. The molecule has 4 aromatic rings. The molecule has 328 valence electrons. The van der Waals surface area contributed by atoms with Crippen molar-refractivity contribution in [2.75, 3.05) is 0 Å². The summed E-state index contributed by atoms with van der Waals surface area (Å²) >= 11 is 0. The van der Waals surface area contributed by atoms with E-state index < -0.39 is 17.4 Å². The predicted octanol–water partition coefficient (Wildman–Crippen LogP) is 12.7. The molecule has 0 saturated heterocycles. The van der Waals surface area contributed by atoms with Crippen LogP contribution in [0.5, 0.6) is 0 Å². The Balaban J connectivity index is 1.21. The van der Waals surface area contributed by atoms with Crippen LogP contribution in [-0.4, -0.2) is 23.9 Å². The molecule has 0 fully saturated rings. The van der Waals surface area contributed by atoms with E-state index in [1.54, 1.807) is 0 Å². The minimum Gasteiger partial charge on any atom is -0.461 e. The first-order chi connectivity index (χ1) is 29.9. The molecule has 0 N–H and O–H groups in total. The van der Waals surface area contributed by atoms with E-state index in [9.17, 15) is 19.2 Å². The highest BCUT2D eigenvalue weighted by Crippen LogP contribution is 2.36. The Hall–Kier alpha value is -5.24. The molecule has 61 heavy (non-hydrogen) atoms. The first-order valence-corrected chi connectivity index (χ1v) is 22.8. The molecular weight excluding hydrogens is 765 g/mol. The number of unbranched alkanes of at least 4 members (excludes halogenated alkanes) is 14. The monoisotopic (exact) mass is 832 g/mol. The van der Waals surface area contributed by atoms with Crippen LogP contribution in [0.4, 0.5) is 0 Å². The summed E-state index contributed by atoms with van der Waals surface area (Å²) in [5.74, 6) is -1.31. The molecule has 0 atom stereocenters. The Morgan fingerprint density at radius 3 is 0.852 bits per heavy atom. The van der Waals surface area contributed by atoms with Gasteiger partial charge in [-0.05, 0) is 47.9 Å². The summed E-state index contributed by atoms with van der Waals surface area (Å²) in [6, 6.07) is 38.6. The van der Waals surface area contributed by atoms with Crippen LogP contribution in [0.3, 0.4) is 0 Å². The SMILES string of the molecule is O=C(CCCCCCCCCCC(CCCCCCCCCCC(=O)OCc1ccccc1)(C(=O)OCc1ccccc1)C(=O)OCc1ccccc1)OCc1ccccc1. The molecule has 0 radical (unpaired) electrons. The van der Waals surface area contributed by atoms with Gasteiger partial charge in [0.25, 0.3) is 0 Å². The highest BCUT2D eigenvalue weighted by atomic mass is 16.6. The molecule has 0 aliphatic heterocycles. The fraction of sp³-hybridized carbons (Fsp3) is 0.472. The first-order valence-electron chi connectivity index (χ1n) is 22.8. The molecule has 0 spiro atoms. The molecule has 4 aromatic carbocycles. The van der Waals surface area contributed by atoms with Gasteiger partial charge < -0.3 is 18.9 Å². The molecule has 4 rings (SSSR count). The van der Waals surface area contributed by atoms with Crippen molar-refractivity contribution in [2.24, 2.45) is 5.41 Å². The van der Waals surface area contributed by atoms with Crippen LogP contribution >= 0.6 is 0 Å². The molecular formula is C53H68O8. The second-order valence-corrected chi connectivity index (χ2v) is 16.2. The number of rotatable bonds is 32. The Kier molecular flexibility index (Phi) is 23.7. The highest BCUT2D eigenvalue weighted by Gasteiger charge is 2.48. The lowest BCUT2D eigenvalue weighted by molar-refractivity contribution is -0.176. The zero-order valence-electron chi connectivity index (χ0n) is 36.3. The summed E-state index contributed by atoms with van der Waals surface area (Å²) in [4.78, 5) is 52.6. The van der Waals surface area contributed by atoms with Crippen LogP contribution in [0.25, 0.3) is 0 Å². The van der Waals surface area contributed by atoms with E-state index in [4.69, 9.17) is 18.9 Å². The fourth-order valence-electron chi connectivity index (χ4n) is 7.47. The van der Waals surface area contributed by atoms with E-state index in [0.29, 0.717) is 51.7 Å². The minimum atomic E-state index is -1.38. The molecule has 0 aliphatic carbocycles. The third-order valence-corrected chi connectivity index (χ3v) is 11.2. The zero-order chi connectivity index (χ0) is 43.1. The van der Waals surface area contributed by atoms with Crippen LogP contribution < -0.4 is 0 Å². The smallest absolute Gasteiger partial charge is 0.323 e. The average Bonchev–Trinajstić information content (AvgIpc) is 3.30. The van der Waals surface area contributed by atoms with Gasteiger partial charge in [0.1, 0.15) is 26.4 Å². The van der Waals surface area contributed by atoms with Crippen LogP contribution in [0, 0.1) is 5.41 Å². The van der Waals surface area contributed by atoms with Gasteiger partial charge in [-0.15, -0.1) is 0 Å². The third-order valence-electron chi connectivity index (χ3n) is 11.2. The van der Waals surface area contributed by atoms with Crippen molar-refractivity contribution in [3.05, 3.63) is 144 Å². The minimum absolute atomic E-state index is 0.100. The standard InChI is InChI=1S/C53H68O8/c54-49(58-41-45-29-17-13-18-30-45)37-25-9-5-1-3-7-11-27-39-53(51(56)60-43-47-33-21-15-22-34-47,52(57)61-44-48-35-23-16-24-36-48)40-28-12-8-4-2-6-10-26-38-50(55)59-42-46-31-19-14-20-32-46/h13-24,29-36H,1-12,25-28,37-44H2. The molecule has 0 aliphatic rings. The summed E-state index contributed by atoms with van der Waals surface area (Å²) in [5, 5.41) is 0. The van der Waals surface area contributed by atoms with E-state index >= 15 is 0 Å². The van der Waals surface area contributed by atoms with Crippen LogP contribution in [-0.2, 0) is 64.6 Å². The maximum absolute atomic E-state index is 14.2. The van der Waals surface area contributed by atoms with Crippen LogP contribution in [0.15, 0.2) is 121 Å². The van der Waals surface area contributed by atoms with E-state index in [2.05, 4.69) is 0 Å². The fourth-order valence-corrected chi connectivity index (χ4v) is 7.47. The van der Waals surface area contributed by atoms with Gasteiger partial charge in [0.15, 0.2) is 5.41 Å². The number of hydrogen-bond acceptors (Lipinski definition) is 8. The second kappa shape index (κ2) is 29.9. The van der Waals surface area contributed by atoms with Crippen molar-refractivity contribution in [2.45, 2.75) is 155 Å². The number of esters is 4. The van der Waals surface area contributed by atoms with Crippen molar-refractivity contribution in [1.29, 1.82) is 0 Å². The van der Waals surface area contributed by atoms with Crippen molar-refractivity contribution in [3.8, 4) is 0 Å². The zero-order valence-corrected chi connectivity index (χ0v) is 36.3. The summed E-state index contributed by atoms with van der Waals surface area (Å²) in [6.07, 6.45) is 16.8. The average molecular weight is 833 g/mol. The van der Waals surface area contributed by atoms with Crippen molar-refractivity contribution >= 4 is 23.9 Å². The third kappa shape index (κ3) is 20.3. The molecule has 0 amide bonds. The van der Waals surface area contributed by atoms with Gasteiger partial charge in [-0.3, -0.25) is 19.2 Å². The maximum Gasteiger partial charge on any atom is 0.323 e. The molecule has 8 nitrogen and oxygen atoms in total. The summed E-state index contributed by atoms with van der Waals surface area (Å²) in [5.41, 5.74) is 2.35. The quantitative estimate of drug-likeness (QED) is 0.0207. The van der Waals surface area contributed by atoms with Crippen LogP contribution in [0.2, 0.25) is 0 Å². The van der Waals surface area contributed by atoms with Gasteiger partial charge in [0.2, 0.25) is 0 Å². The van der Waals surface area contributed by atoms with Crippen molar-refractivity contribution < 1.29 is 38.1 Å². The van der Waals surface area contributed by atoms with Crippen LogP contribution in [0.1, 0.15) is 151 Å². The van der Waals surface area contributed by atoms with Gasteiger partial charge in [0, 0.05) is 12.8 Å². The summed E-state index contributed by atoms with van der Waals surface area (Å²) in [7, 11) is 0. The molecule has 0 bridgehead atoms. The molecule has 0 heterocycles. The summed E-state index contributed by atoms with van der Waals surface area (Å²) < 4.78 is 22.7. The van der Waals surface area contributed by atoms with Crippen molar-refractivity contribution in [1.82, 2.24) is 0 Å². The number of benzene rings is 4. The van der Waals surface area contributed by atoms with Gasteiger partial charge >= 0.3 is 23.9 Å². The Morgan fingerprint density at radius 1 is 0.311 bits per heavy atom. The molecule has 0 saturated carbocycles. The first kappa shape index (κ1) is 48.4. The summed E-state index contributed by atoms with van der Waals surface area (Å²) in [6.45, 7) is 0.831.